The molecule has 1 atom stereocenters. The quantitative estimate of drug-likeness (QED) is 0.761. The maximum Gasteiger partial charge on any atom is 0.350 e. The average Bonchev–Trinajstić information content (AvgIpc) is 3.34. The summed E-state index contributed by atoms with van der Waals surface area (Å²) in [6, 6.07) is -0.258. The van der Waals surface area contributed by atoms with Gasteiger partial charge >= 0.3 is 6.03 Å². The summed E-state index contributed by atoms with van der Waals surface area (Å²) < 4.78 is 0. The van der Waals surface area contributed by atoms with Crippen LogP contribution in [0.25, 0.3) is 0 Å². The van der Waals surface area contributed by atoms with Crippen LogP contribution in [0.4, 0.5) is 4.79 Å². The van der Waals surface area contributed by atoms with Crippen molar-refractivity contribution >= 4 is 23.6 Å². The highest BCUT2D eigenvalue weighted by atomic mass is 16.2. The third-order valence-corrected chi connectivity index (χ3v) is 4.24. The highest BCUT2D eigenvalue weighted by Crippen LogP contribution is 2.24. The molecule has 6 nitrogen and oxygen atoms in total. The zero-order valence-electron chi connectivity index (χ0n) is 13.2. The number of hydrogen-bond donors (Lipinski definition) is 1. The van der Waals surface area contributed by atoms with Gasteiger partial charge in [-0.25, -0.2) is 4.79 Å². The van der Waals surface area contributed by atoms with E-state index in [-0.39, 0.29) is 17.9 Å². The van der Waals surface area contributed by atoms with Crippen LogP contribution in [0.2, 0.25) is 0 Å². The minimum Gasteiger partial charge on any atom is -0.349 e. The second kappa shape index (κ2) is 6.48. The van der Waals surface area contributed by atoms with Gasteiger partial charge < -0.3 is 5.32 Å². The second-order valence-corrected chi connectivity index (χ2v) is 6.20. The molecular weight excluding hydrogens is 294 g/mol. The summed E-state index contributed by atoms with van der Waals surface area (Å²) in [6.07, 6.45) is 9.69. The van der Waals surface area contributed by atoms with E-state index in [2.05, 4.69) is 17.2 Å². The molecule has 0 saturated heterocycles. The van der Waals surface area contributed by atoms with E-state index < -0.39 is 11.9 Å². The van der Waals surface area contributed by atoms with Crippen molar-refractivity contribution in [2.75, 3.05) is 6.54 Å². The summed E-state index contributed by atoms with van der Waals surface area (Å²) in [4.78, 5) is 41.8. The van der Waals surface area contributed by atoms with Crippen LogP contribution in [0.3, 0.4) is 0 Å². The van der Waals surface area contributed by atoms with Crippen LogP contribution < -0.4 is 5.32 Å². The van der Waals surface area contributed by atoms with Crippen molar-refractivity contribution in [2.45, 2.75) is 45.1 Å². The van der Waals surface area contributed by atoms with Crippen LogP contribution in [0, 0.1) is 5.92 Å². The molecule has 1 saturated carbocycles. The van der Waals surface area contributed by atoms with Gasteiger partial charge in [0.2, 0.25) is 5.91 Å². The van der Waals surface area contributed by atoms with E-state index in [1.807, 2.05) is 0 Å². The van der Waals surface area contributed by atoms with Crippen LogP contribution in [0.15, 0.2) is 28.8 Å². The van der Waals surface area contributed by atoms with Crippen molar-refractivity contribution in [1.29, 1.82) is 0 Å². The van der Waals surface area contributed by atoms with Crippen LogP contribution in [0.5, 0.6) is 0 Å². The Bertz CT molecular complexity index is 629. The average molecular weight is 315 g/mol. The molecule has 0 aromatic carbocycles. The van der Waals surface area contributed by atoms with Gasteiger partial charge in [0.15, 0.2) is 0 Å². The molecule has 3 aliphatic rings. The van der Waals surface area contributed by atoms with Gasteiger partial charge in [0.1, 0.15) is 0 Å². The Morgan fingerprint density at radius 2 is 2.13 bits per heavy atom. The number of nitrogens with zero attached hydrogens (tertiary/aromatic N) is 2. The lowest BCUT2D eigenvalue weighted by atomic mass is 9.91. The van der Waals surface area contributed by atoms with Crippen molar-refractivity contribution in [1.82, 2.24) is 10.2 Å². The van der Waals surface area contributed by atoms with Gasteiger partial charge in [-0.05, 0) is 25.3 Å². The first kappa shape index (κ1) is 15.6. The first-order valence-corrected chi connectivity index (χ1v) is 8.25. The van der Waals surface area contributed by atoms with E-state index in [9.17, 15) is 14.4 Å². The Morgan fingerprint density at radius 3 is 2.83 bits per heavy atom. The highest BCUT2D eigenvalue weighted by molar-refractivity contribution is 6.23. The molecule has 1 fully saturated rings. The van der Waals surface area contributed by atoms with Gasteiger partial charge in [-0.15, -0.1) is 0 Å². The minimum atomic E-state index is -0.549. The number of hydrogen-bond acceptors (Lipinski definition) is 3. The van der Waals surface area contributed by atoms with Gasteiger partial charge in [-0.3, -0.25) is 14.5 Å². The van der Waals surface area contributed by atoms with E-state index >= 15 is 0 Å². The van der Waals surface area contributed by atoms with E-state index in [1.165, 1.54) is 4.90 Å². The lowest BCUT2D eigenvalue weighted by molar-refractivity contribution is -0.129. The molecule has 1 unspecified atom stereocenters. The highest BCUT2D eigenvalue weighted by Gasteiger charge is 2.36. The van der Waals surface area contributed by atoms with Crippen molar-refractivity contribution in [3.63, 3.8) is 0 Å². The Hall–Kier alpha value is -2.24. The third-order valence-electron chi connectivity index (χ3n) is 4.24. The summed E-state index contributed by atoms with van der Waals surface area (Å²) in [5, 5.41) is 2.89. The van der Waals surface area contributed by atoms with E-state index in [0.29, 0.717) is 17.8 Å². The Kier molecular flexibility index (Phi) is 4.41. The molecule has 1 N–H and O–H groups in total. The van der Waals surface area contributed by atoms with E-state index in [0.717, 1.165) is 32.1 Å². The van der Waals surface area contributed by atoms with Crippen LogP contribution in [-0.2, 0) is 9.59 Å². The summed E-state index contributed by atoms with van der Waals surface area (Å²) >= 11 is 0. The molecule has 3 rings (SSSR count). The van der Waals surface area contributed by atoms with Crippen molar-refractivity contribution in [3.05, 3.63) is 23.8 Å². The molecule has 2 aliphatic carbocycles. The first-order chi connectivity index (χ1) is 11.1. The normalized spacial score (nSPS) is 23.3. The number of fused-ring (bicyclic) bond motifs is 1. The number of amides is 4. The van der Waals surface area contributed by atoms with Crippen molar-refractivity contribution in [3.8, 4) is 0 Å². The lowest BCUT2D eigenvalue weighted by Gasteiger charge is -2.29. The van der Waals surface area contributed by atoms with Gasteiger partial charge in [-0.1, -0.05) is 31.9 Å². The molecule has 1 heterocycles. The van der Waals surface area contributed by atoms with Gasteiger partial charge in [0.25, 0.3) is 5.91 Å². The molecule has 4 amide bonds. The number of urea groups is 1. The Balaban J connectivity index is 1.73. The van der Waals surface area contributed by atoms with Crippen LogP contribution >= 0.6 is 0 Å². The smallest absolute Gasteiger partial charge is 0.349 e. The number of carbonyl (C=O) groups excluding carboxylic acids is 3. The van der Waals surface area contributed by atoms with E-state index in [1.54, 1.807) is 18.2 Å². The summed E-state index contributed by atoms with van der Waals surface area (Å²) in [6.45, 7) is 2.48. The number of imide groups is 1. The van der Waals surface area contributed by atoms with Gasteiger partial charge in [0.05, 0.1) is 11.6 Å². The monoisotopic (exact) mass is 315 g/mol. The summed E-state index contributed by atoms with van der Waals surface area (Å²) in [7, 11) is 0. The maximum absolute atomic E-state index is 12.5. The Labute approximate surface area is 135 Å². The molecule has 0 aromatic rings. The number of allylic oxidation sites excluding steroid dienone is 1. The fraction of sp³-hybridized carbons (Fsp3) is 0.529. The van der Waals surface area contributed by atoms with Crippen molar-refractivity contribution < 1.29 is 14.4 Å². The largest absolute Gasteiger partial charge is 0.350 e. The molecular formula is C17H21N3O3. The zero-order chi connectivity index (χ0) is 16.4. The van der Waals surface area contributed by atoms with Crippen molar-refractivity contribution in [2.24, 2.45) is 10.9 Å². The minimum absolute atomic E-state index is 0.171. The van der Waals surface area contributed by atoms with E-state index in [4.69, 9.17) is 0 Å². The van der Waals surface area contributed by atoms with Crippen LogP contribution in [-0.4, -0.2) is 41.0 Å². The number of rotatable bonds is 6. The fourth-order valence-corrected chi connectivity index (χ4v) is 2.70. The van der Waals surface area contributed by atoms with Gasteiger partial charge in [0, 0.05) is 18.2 Å². The number of nitrogens with one attached hydrogen (secondary N) is 1. The summed E-state index contributed by atoms with van der Waals surface area (Å²) in [5.41, 5.74) is 0.821. The molecule has 1 aliphatic heterocycles. The molecule has 0 spiro atoms. The third kappa shape index (κ3) is 3.41. The maximum atomic E-state index is 12.5. The van der Waals surface area contributed by atoms with Gasteiger partial charge in [-0.2, -0.15) is 4.99 Å². The Morgan fingerprint density at radius 1 is 1.35 bits per heavy atom. The molecule has 0 bridgehead atoms. The van der Waals surface area contributed by atoms with Crippen LogP contribution in [0.1, 0.15) is 39.0 Å². The molecule has 0 aromatic heterocycles. The molecule has 23 heavy (non-hydrogen) atoms. The molecule has 6 heteroatoms. The number of unbranched alkanes of at least 4 members (excludes halogenated alkanes) is 2. The number of aliphatic imine (C=N–C) groups is 1. The molecule has 122 valence electrons. The topological polar surface area (TPSA) is 78.8 Å². The SMILES string of the molecule is CCCCCN1C(=O)N=C2C=C(C(=O)NC3CC3)C=CC2C1=O. The predicted molar refractivity (Wildman–Crippen MR) is 85.9 cm³/mol. The molecule has 0 radical (unpaired) electrons. The lowest BCUT2D eigenvalue weighted by Crippen LogP contribution is -2.46. The zero-order valence-corrected chi connectivity index (χ0v) is 13.2. The standard InChI is InChI=1S/C17H21N3O3/c1-2-3-4-9-20-16(22)13-8-5-11(10-14(13)19-17(20)23)15(21)18-12-6-7-12/h5,8,10,12-13H,2-4,6-7,9H2,1H3,(H,18,21). The predicted octanol–water partition coefficient (Wildman–Crippen LogP) is 1.97. The second-order valence-electron chi connectivity index (χ2n) is 6.20. The fourth-order valence-electron chi connectivity index (χ4n) is 2.70. The summed E-state index contributed by atoms with van der Waals surface area (Å²) in [5.74, 6) is -0.966. The number of carbonyl (C=O) groups is 3. The first-order valence-electron chi connectivity index (χ1n) is 8.25.